The summed E-state index contributed by atoms with van der Waals surface area (Å²) in [6.07, 6.45) is 8.51. The zero-order valence-corrected chi connectivity index (χ0v) is 17.8. The number of hydrogen-bond acceptors (Lipinski definition) is 5. The first-order valence-corrected chi connectivity index (χ1v) is 10.6. The zero-order chi connectivity index (χ0) is 21.3. The number of fused-ring (bicyclic) bond motifs is 2. The molecule has 5 nitrogen and oxygen atoms in total. The summed E-state index contributed by atoms with van der Waals surface area (Å²) in [5, 5.41) is 3.61. The Bertz CT molecular complexity index is 935. The summed E-state index contributed by atoms with van der Waals surface area (Å²) in [6.45, 7) is 5.65. The molecule has 1 aromatic rings. The van der Waals surface area contributed by atoms with Gasteiger partial charge in [0.15, 0.2) is 0 Å². The highest BCUT2D eigenvalue weighted by Crippen LogP contribution is 2.47. The van der Waals surface area contributed by atoms with Gasteiger partial charge in [0.1, 0.15) is 11.6 Å². The number of hydrogen-bond donors (Lipinski definition) is 1. The van der Waals surface area contributed by atoms with E-state index >= 15 is 4.39 Å². The third-order valence-electron chi connectivity index (χ3n) is 6.33. The predicted octanol–water partition coefficient (Wildman–Crippen LogP) is 4.16. The summed E-state index contributed by atoms with van der Waals surface area (Å²) >= 11 is 0. The number of carbonyl (C=O) groups is 1. The van der Waals surface area contributed by atoms with Gasteiger partial charge in [-0.2, -0.15) is 0 Å². The molecule has 2 heterocycles. The normalized spacial score (nSPS) is 22.9. The van der Waals surface area contributed by atoms with Gasteiger partial charge in [-0.3, -0.25) is 9.69 Å². The maximum Gasteiger partial charge on any atom is 0.306 e. The molecule has 0 fully saturated rings. The van der Waals surface area contributed by atoms with E-state index in [4.69, 9.17) is 9.47 Å². The lowest BCUT2D eigenvalue weighted by Crippen LogP contribution is -2.39. The predicted molar refractivity (Wildman–Crippen MR) is 113 cm³/mol. The molecule has 3 aliphatic rings. The van der Waals surface area contributed by atoms with Crippen molar-refractivity contribution >= 4 is 5.97 Å². The lowest BCUT2D eigenvalue weighted by molar-refractivity contribution is -0.141. The third kappa shape index (κ3) is 3.65. The van der Waals surface area contributed by atoms with Crippen LogP contribution in [0, 0.1) is 18.7 Å². The lowest BCUT2D eigenvalue weighted by Gasteiger charge is -2.38. The van der Waals surface area contributed by atoms with Crippen molar-refractivity contribution in [3.8, 4) is 5.75 Å². The van der Waals surface area contributed by atoms with Crippen LogP contribution in [0.5, 0.6) is 5.75 Å². The number of halogens is 1. The van der Waals surface area contributed by atoms with Gasteiger partial charge in [-0.25, -0.2) is 4.39 Å². The highest BCUT2D eigenvalue weighted by molar-refractivity contribution is 5.69. The molecule has 2 aliphatic heterocycles. The van der Waals surface area contributed by atoms with Gasteiger partial charge in [0.05, 0.1) is 26.2 Å². The van der Waals surface area contributed by atoms with Crippen LogP contribution in [0.2, 0.25) is 0 Å². The molecule has 6 heteroatoms. The Hall–Kier alpha value is -2.60. The Morgan fingerprint density at radius 1 is 1.37 bits per heavy atom. The Labute approximate surface area is 177 Å². The Morgan fingerprint density at radius 2 is 2.20 bits per heavy atom. The first-order valence-electron chi connectivity index (χ1n) is 10.6. The summed E-state index contributed by atoms with van der Waals surface area (Å²) in [7, 11) is 1.40. The second-order valence-electron chi connectivity index (χ2n) is 7.93. The number of nitrogens with one attached hydrogen (secondary N) is 1. The van der Waals surface area contributed by atoms with Gasteiger partial charge in [-0.05, 0) is 56.0 Å². The topological polar surface area (TPSA) is 50.8 Å². The fraction of sp³-hybridized carbons (Fsp3) is 0.458. The largest absolute Gasteiger partial charge is 0.494 e. The smallest absolute Gasteiger partial charge is 0.306 e. The summed E-state index contributed by atoms with van der Waals surface area (Å²) in [5.41, 5.74) is 5.02. The maximum absolute atomic E-state index is 15.3. The van der Waals surface area contributed by atoms with Crippen LogP contribution in [0.1, 0.15) is 43.4 Å². The number of nitrogens with zero attached hydrogens (tertiary/aromatic N) is 1. The standard InChI is InChI=1S/C24H29FN2O3/c1-4-30-20-10-9-18(25)22(15(20)2)24-23-17(16-7-5-6-8-19(16)26-23)11-13-27(24)14-12-21(28)29-3/h5-6,8-10,16,24,26H,4,7,11-14H2,1-3H3. The van der Waals surface area contributed by atoms with Gasteiger partial charge in [0.25, 0.3) is 0 Å². The summed E-state index contributed by atoms with van der Waals surface area (Å²) in [5.74, 6) is 0.537. The molecule has 0 saturated heterocycles. The lowest BCUT2D eigenvalue weighted by atomic mass is 9.84. The first kappa shape index (κ1) is 20.7. The molecule has 160 valence electrons. The molecule has 0 amide bonds. The minimum absolute atomic E-state index is 0.249. The van der Waals surface area contributed by atoms with Crippen LogP contribution in [0.4, 0.5) is 4.39 Å². The van der Waals surface area contributed by atoms with E-state index in [1.54, 1.807) is 6.07 Å². The summed E-state index contributed by atoms with van der Waals surface area (Å²) < 4.78 is 25.9. The van der Waals surface area contributed by atoms with Crippen LogP contribution in [0.25, 0.3) is 0 Å². The molecule has 0 saturated carbocycles. The van der Waals surface area contributed by atoms with E-state index in [2.05, 4.69) is 28.4 Å². The molecule has 1 aromatic carbocycles. The number of rotatable bonds is 6. The van der Waals surface area contributed by atoms with Gasteiger partial charge in [0.2, 0.25) is 0 Å². The molecule has 0 bridgehead atoms. The minimum Gasteiger partial charge on any atom is -0.494 e. The highest BCUT2D eigenvalue weighted by atomic mass is 19.1. The van der Waals surface area contributed by atoms with Gasteiger partial charge >= 0.3 is 5.97 Å². The van der Waals surface area contributed by atoms with Crippen molar-refractivity contribution in [3.05, 3.63) is 64.3 Å². The van der Waals surface area contributed by atoms with E-state index in [1.807, 2.05) is 13.8 Å². The molecule has 0 aromatic heterocycles. The van der Waals surface area contributed by atoms with Crippen LogP contribution >= 0.6 is 0 Å². The van der Waals surface area contributed by atoms with Crippen LogP contribution in [0.15, 0.2) is 47.3 Å². The van der Waals surface area contributed by atoms with Crippen molar-refractivity contribution in [1.82, 2.24) is 10.2 Å². The van der Waals surface area contributed by atoms with E-state index in [0.717, 1.165) is 30.6 Å². The van der Waals surface area contributed by atoms with Crippen LogP contribution < -0.4 is 10.1 Å². The van der Waals surface area contributed by atoms with E-state index < -0.39 is 0 Å². The van der Waals surface area contributed by atoms with Crippen LogP contribution in [-0.2, 0) is 9.53 Å². The van der Waals surface area contributed by atoms with E-state index in [9.17, 15) is 4.79 Å². The molecule has 2 atom stereocenters. The molecule has 4 rings (SSSR count). The zero-order valence-electron chi connectivity index (χ0n) is 17.8. The SMILES string of the molecule is CCOc1ccc(F)c(C2C3=C(CCN2CCC(=O)OC)C2CC=CC=C2N3)c1C. The van der Waals surface area contributed by atoms with Crippen LogP contribution in [0.3, 0.4) is 0 Å². The van der Waals surface area contributed by atoms with Gasteiger partial charge < -0.3 is 14.8 Å². The van der Waals surface area contributed by atoms with E-state index in [0.29, 0.717) is 30.4 Å². The number of ether oxygens (including phenoxy) is 2. The maximum atomic E-state index is 15.3. The van der Waals surface area contributed by atoms with Gasteiger partial charge in [-0.15, -0.1) is 0 Å². The second kappa shape index (κ2) is 8.64. The van der Waals surface area contributed by atoms with Gasteiger partial charge in [-0.1, -0.05) is 12.2 Å². The molecule has 0 spiro atoms. The number of methoxy groups -OCH3 is 1. The number of allylic oxidation sites excluding steroid dienone is 4. The average molecular weight is 413 g/mol. The second-order valence-corrected chi connectivity index (χ2v) is 7.93. The van der Waals surface area contributed by atoms with Gasteiger partial charge in [0, 0.05) is 36.0 Å². The van der Waals surface area contributed by atoms with E-state index in [-0.39, 0.29) is 24.2 Å². The Morgan fingerprint density at radius 3 is 2.97 bits per heavy atom. The Balaban J connectivity index is 1.78. The quantitative estimate of drug-likeness (QED) is 0.711. The summed E-state index contributed by atoms with van der Waals surface area (Å²) in [6, 6.07) is 2.90. The van der Waals surface area contributed by atoms with Crippen molar-refractivity contribution in [2.45, 2.75) is 39.2 Å². The molecule has 2 unspecified atom stereocenters. The minimum atomic E-state index is -0.287. The molecule has 30 heavy (non-hydrogen) atoms. The molecular formula is C24H29FN2O3. The molecule has 0 radical (unpaired) electrons. The molecule has 1 N–H and O–H groups in total. The van der Waals surface area contributed by atoms with Crippen molar-refractivity contribution < 1.29 is 18.7 Å². The monoisotopic (exact) mass is 412 g/mol. The summed E-state index contributed by atoms with van der Waals surface area (Å²) in [4.78, 5) is 14.0. The van der Waals surface area contributed by atoms with E-state index in [1.165, 1.54) is 24.4 Å². The molecular weight excluding hydrogens is 383 g/mol. The fourth-order valence-electron chi connectivity index (χ4n) is 4.87. The highest BCUT2D eigenvalue weighted by Gasteiger charge is 2.41. The van der Waals surface area contributed by atoms with Crippen molar-refractivity contribution in [2.24, 2.45) is 5.92 Å². The number of benzene rings is 1. The Kier molecular flexibility index (Phi) is 5.95. The van der Waals surface area contributed by atoms with Crippen LogP contribution in [-0.4, -0.2) is 37.7 Å². The third-order valence-corrected chi connectivity index (χ3v) is 6.33. The van der Waals surface area contributed by atoms with Crippen molar-refractivity contribution in [3.63, 3.8) is 0 Å². The number of esters is 1. The molecule has 1 aliphatic carbocycles. The number of carbonyl (C=O) groups excluding carboxylic acids is 1. The average Bonchev–Trinajstić information content (AvgIpc) is 3.13. The van der Waals surface area contributed by atoms with Crippen molar-refractivity contribution in [1.29, 1.82) is 0 Å². The fourth-order valence-corrected chi connectivity index (χ4v) is 4.87. The van der Waals surface area contributed by atoms with Crippen molar-refractivity contribution in [2.75, 3.05) is 26.8 Å². The first-order chi connectivity index (χ1) is 14.5.